The van der Waals surface area contributed by atoms with E-state index in [1.165, 1.54) is 5.56 Å². The number of piperazine rings is 1. The molecule has 5 aromatic rings. The number of methoxy groups -OCH3 is 1. The van der Waals surface area contributed by atoms with E-state index in [-0.39, 0.29) is 18.1 Å². The van der Waals surface area contributed by atoms with Crippen LogP contribution in [0.4, 0.5) is 5.82 Å². The molecule has 0 radical (unpaired) electrons. The number of pyridine rings is 1. The van der Waals surface area contributed by atoms with Gasteiger partial charge in [-0.2, -0.15) is 9.61 Å². The molecule has 1 N–H and O–H groups in total. The number of fused-ring (bicyclic) bond motifs is 2. The summed E-state index contributed by atoms with van der Waals surface area (Å²) in [5, 5.41) is 8.86. The van der Waals surface area contributed by atoms with Crippen molar-refractivity contribution in [3.05, 3.63) is 78.2 Å². The first-order valence-corrected chi connectivity index (χ1v) is 15.8. The lowest BCUT2D eigenvalue weighted by Crippen LogP contribution is -2.51. The molecule has 2 atom stereocenters. The van der Waals surface area contributed by atoms with Crippen molar-refractivity contribution >= 4 is 28.4 Å². The van der Waals surface area contributed by atoms with Crippen molar-refractivity contribution in [2.24, 2.45) is 0 Å². The maximum atomic E-state index is 13.6. The summed E-state index contributed by atoms with van der Waals surface area (Å²) in [6.07, 6.45) is 7.52. The summed E-state index contributed by atoms with van der Waals surface area (Å²) in [4.78, 5) is 30.5. The van der Waals surface area contributed by atoms with Crippen LogP contribution in [-0.2, 0) is 17.8 Å². The van der Waals surface area contributed by atoms with Gasteiger partial charge in [-0.1, -0.05) is 30.3 Å². The fourth-order valence-corrected chi connectivity index (χ4v) is 6.44. The summed E-state index contributed by atoms with van der Waals surface area (Å²) in [6, 6.07) is 16.5. The molecule has 1 aliphatic carbocycles. The summed E-state index contributed by atoms with van der Waals surface area (Å²) in [5.74, 6) is 0.660. The van der Waals surface area contributed by atoms with E-state index in [0.717, 1.165) is 80.2 Å². The van der Waals surface area contributed by atoms with Gasteiger partial charge in [0.1, 0.15) is 17.0 Å². The monoisotopic (exact) mass is 607 g/mol. The van der Waals surface area contributed by atoms with E-state index in [9.17, 15) is 4.79 Å². The summed E-state index contributed by atoms with van der Waals surface area (Å²) in [7, 11) is 5.92. The van der Waals surface area contributed by atoms with Crippen LogP contribution >= 0.6 is 0 Å². The topological polar surface area (TPSA) is 96.1 Å². The Bertz CT molecular complexity index is 1790. The average molecular weight is 608 g/mol. The molecule has 1 saturated carbocycles. The summed E-state index contributed by atoms with van der Waals surface area (Å²) >= 11 is 0. The number of benzene rings is 1. The highest BCUT2D eigenvalue weighted by atomic mass is 16.5. The van der Waals surface area contributed by atoms with Gasteiger partial charge in [-0.15, -0.1) is 0 Å². The Labute approximate surface area is 263 Å². The fourth-order valence-electron chi connectivity index (χ4n) is 6.44. The van der Waals surface area contributed by atoms with Crippen molar-refractivity contribution in [3.63, 3.8) is 0 Å². The van der Waals surface area contributed by atoms with Crippen LogP contribution in [0.15, 0.2) is 67.1 Å². The first kappa shape index (κ1) is 29.4. The summed E-state index contributed by atoms with van der Waals surface area (Å²) in [5.41, 5.74) is 4.85. The van der Waals surface area contributed by atoms with Gasteiger partial charge >= 0.3 is 0 Å². The predicted molar refractivity (Wildman–Crippen MR) is 175 cm³/mol. The maximum absolute atomic E-state index is 13.6. The molecule has 2 aliphatic rings. The van der Waals surface area contributed by atoms with E-state index in [2.05, 4.69) is 67.2 Å². The molecule has 11 nitrogen and oxygen atoms in total. The number of nitrogens with zero attached hydrogens (tertiary/aromatic N) is 8. The SMILES string of the molecule is CO[C@H]1CC[C@@H]1NC(=O)c1cnn2c(N(C)Cc3ccccc3)cc(-c3cn(CCN4CCN(C)CC4)c4ncccc34)nc12. The van der Waals surface area contributed by atoms with E-state index < -0.39 is 0 Å². The number of rotatable bonds is 10. The third kappa shape index (κ3) is 5.90. The predicted octanol–water partition coefficient (Wildman–Crippen LogP) is 3.54. The number of amides is 1. The van der Waals surface area contributed by atoms with Crippen LogP contribution in [0.25, 0.3) is 27.9 Å². The van der Waals surface area contributed by atoms with Crippen LogP contribution in [-0.4, -0.2) is 106 Å². The molecule has 1 saturated heterocycles. The van der Waals surface area contributed by atoms with Crippen molar-refractivity contribution in [2.75, 3.05) is 58.8 Å². The fraction of sp³-hybridized carbons (Fsp3) is 0.412. The Morgan fingerprint density at radius 2 is 1.87 bits per heavy atom. The molecule has 4 aromatic heterocycles. The normalized spacial score (nSPS) is 19.2. The van der Waals surface area contributed by atoms with Gasteiger partial charge in [-0.05, 0) is 37.6 Å². The second-order valence-corrected chi connectivity index (χ2v) is 12.3. The van der Waals surface area contributed by atoms with Crippen LogP contribution in [0.2, 0.25) is 0 Å². The van der Waals surface area contributed by atoms with Crippen LogP contribution in [0.1, 0.15) is 28.8 Å². The lowest BCUT2D eigenvalue weighted by atomic mass is 9.89. The highest BCUT2D eigenvalue weighted by Crippen LogP contribution is 2.32. The van der Waals surface area contributed by atoms with Crippen LogP contribution in [0, 0.1) is 0 Å². The molecular weight excluding hydrogens is 566 g/mol. The number of hydrogen-bond donors (Lipinski definition) is 1. The van der Waals surface area contributed by atoms with Gasteiger partial charge in [-0.25, -0.2) is 9.97 Å². The van der Waals surface area contributed by atoms with E-state index >= 15 is 0 Å². The Balaban J connectivity index is 1.28. The number of aromatic nitrogens is 5. The lowest BCUT2D eigenvalue weighted by Gasteiger charge is -2.35. The Morgan fingerprint density at radius 1 is 1.04 bits per heavy atom. The van der Waals surface area contributed by atoms with Gasteiger partial charge in [0.15, 0.2) is 5.65 Å². The number of anilines is 1. The number of ether oxygens (including phenoxy) is 1. The van der Waals surface area contributed by atoms with Crippen LogP contribution < -0.4 is 10.2 Å². The zero-order chi connectivity index (χ0) is 30.9. The maximum Gasteiger partial charge on any atom is 0.257 e. The van der Waals surface area contributed by atoms with E-state index in [0.29, 0.717) is 17.8 Å². The summed E-state index contributed by atoms with van der Waals surface area (Å²) < 4.78 is 9.55. The minimum atomic E-state index is -0.186. The van der Waals surface area contributed by atoms with Crippen molar-refractivity contribution < 1.29 is 9.53 Å². The van der Waals surface area contributed by atoms with Crippen LogP contribution in [0.5, 0.6) is 0 Å². The quantitative estimate of drug-likeness (QED) is 0.258. The molecule has 45 heavy (non-hydrogen) atoms. The van der Waals surface area contributed by atoms with Gasteiger partial charge in [0.2, 0.25) is 0 Å². The second-order valence-electron chi connectivity index (χ2n) is 12.3. The zero-order valence-electron chi connectivity index (χ0n) is 26.3. The molecule has 11 heteroatoms. The number of hydrogen-bond acceptors (Lipinski definition) is 8. The molecule has 0 spiro atoms. The average Bonchev–Trinajstić information content (AvgIpc) is 3.65. The Morgan fingerprint density at radius 3 is 2.62 bits per heavy atom. The molecular formula is C34H41N9O2. The molecule has 1 aliphatic heterocycles. The van der Waals surface area contributed by atoms with E-state index in [4.69, 9.17) is 14.7 Å². The Kier molecular flexibility index (Phi) is 8.22. The molecule has 234 valence electrons. The number of carbonyl (C=O) groups is 1. The minimum absolute atomic E-state index is 0.00906. The highest BCUT2D eigenvalue weighted by Gasteiger charge is 2.33. The first-order valence-electron chi connectivity index (χ1n) is 15.8. The van der Waals surface area contributed by atoms with Gasteiger partial charge in [0, 0.05) is 89.4 Å². The number of nitrogens with one attached hydrogen (secondary N) is 1. The molecule has 0 bridgehead atoms. The van der Waals surface area contributed by atoms with E-state index in [1.807, 2.05) is 37.5 Å². The third-order valence-electron chi connectivity index (χ3n) is 9.34. The lowest BCUT2D eigenvalue weighted by molar-refractivity contribution is 0.00732. The Hall–Kier alpha value is -4.32. The number of likely N-dealkylation sites (N-methyl/N-ethyl adjacent to an activating group) is 1. The van der Waals surface area contributed by atoms with Crippen LogP contribution in [0.3, 0.4) is 0 Å². The van der Waals surface area contributed by atoms with Gasteiger partial charge < -0.3 is 24.4 Å². The molecule has 1 amide bonds. The third-order valence-corrected chi connectivity index (χ3v) is 9.34. The molecule has 7 rings (SSSR count). The standard InChI is InChI=1S/C34H41N9O2/c1-39-14-16-41(17-15-39)18-19-42-23-27(25-10-7-13-35-32(25)42)29-20-31(40(2)22-24-8-5-4-6-9-24)43-33(37-29)26(21-36-43)34(44)38-28-11-12-30(28)45-3/h4-10,13,20-21,23,28,30H,11-12,14-19,22H2,1-3H3,(H,38,44)/t28-,30-/m0/s1. The zero-order valence-corrected chi connectivity index (χ0v) is 26.3. The molecule has 5 heterocycles. The van der Waals surface area contributed by atoms with Crippen molar-refractivity contribution in [2.45, 2.75) is 38.1 Å². The van der Waals surface area contributed by atoms with Crippen molar-refractivity contribution in [3.8, 4) is 11.3 Å². The van der Waals surface area contributed by atoms with Crippen molar-refractivity contribution in [1.29, 1.82) is 0 Å². The molecule has 1 aromatic carbocycles. The van der Waals surface area contributed by atoms with Crippen molar-refractivity contribution in [1.82, 2.24) is 39.3 Å². The van der Waals surface area contributed by atoms with E-state index in [1.54, 1.807) is 17.8 Å². The van der Waals surface area contributed by atoms with Gasteiger partial charge in [-0.3, -0.25) is 9.69 Å². The summed E-state index contributed by atoms with van der Waals surface area (Å²) in [6.45, 7) is 6.80. The molecule has 2 fully saturated rings. The smallest absolute Gasteiger partial charge is 0.257 e. The molecule has 0 unspecified atom stereocenters. The van der Waals surface area contributed by atoms with Gasteiger partial charge in [0.05, 0.1) is 24.0 Å². The minimum Gasteiger partial charge on any atom is -0.379 e. The second kappa shape index (κ2) is 12.6. The number of carbonyl (C=O) groups excluding carboxylic acids is 1. The first-order chi connectivity index (χ1) is 22.0. The highest BCUT2D eigenvalue weighted by molar-refractivity contribution is 6.01. The largest absolute Gasteiger partial charge is 0.379 e. The van der Waals surface area contributed by atoms with Gasteiger partial charge in [0.25, 0.3) is 5.91 Å².